The van der Waals surface area contributed by atoms with Gasteiger partial charge in [0.25, 0.3) is 0 Å². The topological polar surface area (TPSA) is 63.6 Å². The highest BCUT2D eigenvalue weighted by Gasteiger charge is 2.66. The predicted molar refractivity (Wildman–Crippen MR) is 68.1 cm³/mol. The Balaban J connectivity index is 2.16. The third kappa shape index (κ3) is 1.27. The van der Waals surface area contributed by atoms with Crippen LogP contribution < -0.4 is 0 Å². The van der Waals surface area contributed by atoms with Gasteiger partial charge in [0.15, 0.2) is 5.78 Å². The first kappa shape index (κ1) is 12.6. The van der Waals surface area contributed by atoms with Crippen LogP contribution in [0.1, 0.15) is 26.7 Å². The fraction of sp³-hybridized carbons (Fsp3) is 0.600. The molecular formula is C15H18O4. The van der Waals surface area contributed by atoms with Crippen LogP contribution >= 0.6 is 0 Å². The van der Waals surface area contributed by atoms with Gasteiger partial charge in [0.05, 0.1) is 0 Å². The van der Waals surface area contributed by atoms with Gasteiger partial charge in [-0.1, -0.05) is 13.5 Å². The summed E-state index contributed by atoms with van der Waals surface area (Å²) < 4.78 is 5.40. The second-order valence-electron chi connectivity index (χ2n) is 6.16. The minimum Gasteiger partial charge on any atom is -0.457 e. The van der Waals surface area contributed by atoms with Crippen LogP contribution in [0.15, 0.2) is 24.3 Å². The molecule has 19 heavy (non-hydrogen) atoms. The first-order valence-corrected chi connectivity index (χ1v) is 6.68. The highest BCUT2D eigenvalue weighted by atomic mass is 16.6. The average Bonchev–Trinajstić information content (AvgIpc) is 2.76. The molecule has 0 spiro atoms. The molecule has 0 aromatic heterocycles. The van der Waals surface area contributed by atoms with E-state index in [1.165, 1.54) is 6.08 Å². The van der Waals surface area contributed by atoms with Gasteiger partial charge in [0.1, 0.15) is 17.1 Å². The number of fused-ring (bicyclic) bond motifs is 3. The number of allylic oxidation sites excluding steroid dienone is 1. The standard InChI is InChI=1S/C15H18O4/c1-8-4-5-10-9(2)13(17)19-12(10)14(3)11(16)6-7-15(8,14)18/h6-8,10,12,18H,2,4-5H2,1,3H3/t8-,10-,12+,14-,15-/m0/s1. The van der Waals surface area contributed by atoms with Crippen molar-refractivity contribution in [2.75, 3.05) is 0 Å². The van der Waals surface area contributed by atoms with Crippen molar-refractivity contribution < 1.29 is 19.4 Å². The zero-order chi connectivity index (χ0) is 14.0. The lowest BCUT2D eigenvalue weighted by Crippen LogP contribution is -2.56. The van der Waals surface area contributed by atoms with E-state index in [4.69, 9.17) is 4.74 Å². The number of rotatable bonds is 0. The molecule has 1 saturated carbocycles. The Hall–Kier alpha value is -1.42. The van der Waals surface area contributed by atoms with E-state index in [0.717, 1.165) is 12.8 Å². The number of aliphatic hydroxyl groups is 1. The Kier molecular flexibility index (Phi) is 2.37. The van der Waals surface area contributed by atoms with E-state index in [-0.39, 0.29) is 17.6 Å². The maximum absolute atomic E-state index is 12.3. The van der Waals surface area contributed by atoms with Crippen LogP contribution in [-0.4, -0.2) is 28.6 Å². The molecule has 0 bridgehead atoms. The number of ether oxygens (including phenoxy) is 1. The van der Waals surface area contributed by atoms with Crippen LogP contribution in [0.5, 0.6) is 0 Å². The van der Waals surface area contributed by atoms with E-state index >= 15 is 0 Å². The smallest absolute Gasteiger partial charge is 0.334 e. The van der Waals surface area contributed by atoms with Crippen molar-refractivity contribution in [3.8, 4) is 0 Å². The summed E-state index contributed by atoms with van der Waals surface area (Å²) in [6.45, 7) is 7.44. The average molecular weight is 262 g/mol. The number of carbonyl (C=O) groups excluding carboxylic acids is 2. The van der Waals surface area contributed by atoms with E-state index in [1.54, 1.807) is 13.0 Å². The number of ketones is 1. The van der Waals surface area contributed by atoms with Gasteiger partial charge in [-0.15, -0.1) is 0 Å². The highest BCUT2D eigenvalue weighted by Crippen LogP contribution is 2.56. The zero-order valence-corrected chi connectivity index (χ0v) is 11.2. The van der Waals surface area contributed by atoms with Crippen LogP contribution in [0.25, 0.3) is 0 Å². The molecule has 102 valence electrons. The molecule has 4 nitrogen and oxygen atoms in total. The maximum atomic E-state index is 12.3. The molecule has 0 aromatic carbocycles. The van der Waals surface area contributed by atoms with E-state index in [0.29, 0.717) is 5.57 Å². The minimum atomic E-state index is -1.24. The molecule has 1 aliphatic heterocycles. The SMILES string of the molecule is C=C1C(=O)O[C@@H]2[C@H]1CC[C@H](C)[C@@]1(O)C=CC(=O)[C@@]21C. The van der Waals surface area contributed by atoms with Gasteiger partial charge in [0.2, 0.25) is 0 Å². The normalized spacial score (nSPS) is 48.8. The van der Waals surface area contributed by atoms with Crippen LogP contribution in [0.3, 0.4) is 0 Å². The van der Waals surface area contributed by atoms with Crippen molar-refractivity contribution in [2.24, 2.45) is 17.3 Å². The zero-order valence-electron chi connectivity index (χ0n) is 11.2. The molecule has 1 heterocycles. The summed E-state index contributed by atoms with van der Waals surface area (Å²) in [7, 11) is 0. The Labute approximate surface area is 112 Å². The molecule has 0 radical (unpaired) electrons. The fourth-order valence-corrected chi connectivity index (χ4v) is 3.89. The molecule has 2 fully saturated rings. The minimum absolute atomic E-state index is 0.0581. The van der Waals surface area contributed by atoms with E-state index in [1.807, 2.05) is 6.92 Å². The van der Waals surface area contributed by atoms with Crippen molar-refractivity contribution in [1.29, 1.82) is 0 Å². The fourth-order valence-electron chi connectivity index (χ4n) is 3.89. The van der Waals surface area contributed by atoms with E-state index in [2.05, 4.69) is 6.58 Å². The molecule has 1 N–H and O–H groups in total. The molecule has 5 atom stereocenters. The van der Waals surface area contributed by atoms with Gasteiger partial charge in [-0.25, -0.2) is 4.79 Å². The summed E-state index contributed by atoms with van der Waals surface area (Å²) in [5.41, 5.74) is -1.90. The van der Waals surface area contributed by atoms with Crippen molar-refractivity contribution in [3.05, 3.63) is 24.3 Å². The third-order valence-electron chi connectivity index (χ3n) is 5.37. The lowest BCUT2D eigenvalue weighted by molar-refractivity contribution is -0.165. The summed E-state index contributed by atoms with van der Waals surface area (Å²) in [4.78, 5) is 24.1. The summed E-state index contributed by atoms with van der Waals surface area (Å²) in [6, 6.07) is 0. The Morgan fingerprint density at radius 1 is 1.42 bits per heavy atom. The molecule has 2 aliphatic carbocycles. The summed E-state index contributed by atoms with van der Waals surface area (Å²) in [6.07, 6.45) is 3.85. The molecule has 0 amide bonds. The van der Waals surface area contributed by atoms with Crippen molar-refractivity contribution in [3.63, 3.8) is 0 Å². The van der Waals surface area contributed by atoms with Crippen molar-refractivity contribution in [2.45, 2.75) is 38.4 Å². The summed E-state index contributed by atoms with van der Waals surface area (Å²) in [5, 5.41) is 11.0. The Morgan fingerprint density at radius 2 is 2.11 bits per heavy atom. The summed E-state index contributed by atoms with van der Waals surface area (Å²) in [5.74, 6) is -0.829. The summed E-state index contributed by atoms with van der Waals surface area (Å²) >= 11 is 0. The number of hydrogen-bond donors (Lipinski definition) is 1. The Morgan fingerprint density at radius 3 is 2.79 bits per heavy atom. The quantitative estimate of drug-likeness (QED) is 0.529. The second-order valence-corrected chi connectivity index (χ2v) is 6.16. The molecule has 0 aromatic rings. The lowest BCUT2D eigenvalue weighted by atomic mass is 9.65. The van der Waals surface area contributed by atoms with Crippen LogP contribution in [-0.2, 0) is 14.3 Å². The first-order valence-electron chi connectivity index (χ1n) is 6.68. The van der Waals surface area contributed by atoms with Crippen LogP contribution in [0.4, 0.5) is 0 Å². The van der Waals surface area contributed by atoms with Crippen molar-refractivity contribution >= 4 is 11.8 Å². The van der Waals surface area contributed by atoms with Gasteiger partial charge in [0, 0.05) is 11.5 Å². The van der Waals surface area contributed by atoms with Crippen LogP contribution in [0.2, 0.25) is 0 Å². The highest BCUT2D eigenvalue weighted by molar-refractivity contribution is 6.01. The Bertz CT molecular complexity index is 520. The number of hydrogen-bond acceptors (Lipinski definition) is 4. The van der Waals surface area contributed by atoms with Gasteiger partial charge < -0.3 is 9.84 Å². The molecule has 3 aliphatic rings. The lowest BCUT2D eigenvalue weighted by Gasteiger charge is -2.43. The number of esters is 1. The third-order valence-corrected chi connectivity index (χ3v) is 5.37. The number of carbonyl (C=O) groups is 2. The van der Waals surface area contributed by atoms with Gasteiger partial charge in [-0.2, -0.15) is 0 Å². The molecule has 4 heteroatoms. The molecule has 3 rings (SSSR count). The van der Waals surface area contributed by atoms with Gasteiger partial charge >= 0.3 is 5.97 Å². The van der Waals surface area contributed by atoms with Crippen molar-refractivity contribution in [1.82, 2.24) is 0 Å². The molecule has 1 saturated heterocycles. The van der Waals surface area contributed by atoms with E-state index in [9.17, 15) is 14.7 Å². The monoisotopic (exact) mass is 262 g/mol. The largest absolute Gasteiger partial charge is 0.457 e. The van der Waals surface area contributed by atoms with Gasteiger partial charge in [-0.05, 0) is 37.8 Å². The van der Waals surface area contributed by atoms with Gasteiger partial charge in [-0.3, -0.25) is 4.79 Å². The second kappa shape index (κ2) is 3.57. The maximum Gasteiger partial charge on any atom is 0.334 e. The first-order chi connectivity index (χ1) is 8.82. The van der Waals surface area contributed by atoms with Crippen LogP contribution in [0, 0.1) is 17.3 Å². The predicted octanol–water partition coefficient (Wildman–Crippen LogP) is 1.39. The van der Waals surface area contributed by atoms with E-state index < -0.39 is 23.1 Å². The molecular weight excluding hydrogens is 244 g/mol. The molecule has 0 unspecified atom stereocenters.